The summed E-state index contributed by atoms with van der Waals surface area (Å²) in [6.07, 6.45) is 3.34. The average Bonchev–Trinajstić information content (AvgIpc) is 2.88. The van der Waals surface area contributed by atoms with Crippen molar-refractivity contribution in [2.24, 2.45) is 11.8 Å². The molecule has 3 rings (SSSR count). The number of ketones is 2. The van der Waals surface area contributed by atoms with Crippen LogP contribution in [0.25, 0.3) is 0 Å². The van der Waals surface area contributed by atoms with Crippen molar-refractivity contribution in [2.45, 2.75) is 33.6 Å². The predicted octanol–water partition coefficient (Wildman–Crippen LogP) is 3.33. The normalized spacial score (nSPS) is 27.3. The van der Waals surface area contributed by atoms with Gasteiger partial charge in [-0.05, 0) is 38.2 Å². The van der Waals surface area contributed by atoms with Crippen LogP contribution in [-0.4, -0.2) is 11.6 Å². The molecule has 0 saturated heterocycles. The summed E-state index contributed by atoms with van der Waals surface area (Å²) in [4.78, 5) is 25.0. The summed E-state index contributed by atoms with van der Waals surface area (Å²) in [7, 11) is 0. The van der Waals surface area contributed by atoms with Gasteiger partial charge in [0.15, 0.2) is 11.5 Å². The fraction of sp³-hybridized carbons (Fsp3) is 0.467. The third kappa shape index (κ3) is 1.30. The van der Waals surface area contributed by atoms with Gasteiger partial charge >= 0.3 is 0 Å². The van der Waals surface area contributed by atoms with Crippen molar-refractivity contribution >= 4 is 11.6 Å². The molecule has 0 N–H and O–H groups in total. The molecule has 0 radical (unpaired) electrons. The molecule has 94 valence electrons. The molecule has 18 heavy (non-hydrogen) atoms. The minimum Gasteiger partial charge on any atom is -0.460 e. The third-order valence-electron chi connectivity index (χ3n) is 4.35. The van der Waals surface area contributed by atoms with Crippen LogP contribution < -0.4 is 0 Å². The van der Waals surface area contributed by atoms with E-state index in [9.17, 15) is 9.59 Å². The van der Waals surface area contributed by atoms with Crippen molar-refractivity contribution in [3.8, 4) is 0 Å². The zero-order valence-corrected chi connectivity index (χ0v) is 10.9. The highest BCUT2D eigenvalue weighted by Gasteiger charge is 2.43. The van der Waals surface area contributed by atoms with E-state index < -0.39 is 0 Å². The van der Waals surface area contributed by atoms with Crippen LogP contribution in [-0.2, 0) is 0 Å². The van der Waals surface area contributed by atoms with Gasteiger partial charge in [-0.2, -0.15) is 0 Å². The number of furan rings is 1. The molecule has 2 aliphatic carbocycles. The molecule has 0 aliphatic heterocycles. The molecule has 1 aromatic rings. The molecule has 0 fully saturated rings. The fourth-order valence-electron chi connectivity index (χ4n) is 3.26. The molecule has 2 atom stereocenters. The molecule has 0 bridgehead atoms. The molecule has 0 amide bonds. The molecule has 3 heteroatoms. The van der Waals surface area contributed by atoms with E-state index in [4.69, 9.17) is 4.42 Å². The van der Waals surface area contributed by atoms with Crippen molar-refractivity contribution in [1.82, 2.24) is 0 Å². The maximum absolute atomic E-state index is 12.6. The van der Waals surface area contributed by atoms with Gasteiger partial charge in [0.25, 0.3) is 0 Å². The smallest absolute Gasteiger partial charge is 0.202 e. The first-order chi connectivity index (χ1) is 8.52. The summed E-state index contributed by atoms with van der Waals surface area (Å²) >= 11 is 0. The first-order valence-electron chi connectivity index (χ1n) is 6.39. The van der Waals surface area contributed by atoms with Crippen molar-refractivity contribution < 1.29 is 14.0 Å². The second-order valence-corrected chi connectivity index (χ2v) is 5.44. The summed E-state index contributed by atoms with van der Waals surface area (Å²) < 4.78 is 5.33. The van der Waals surface area contributed by atoms with Crippen LogP contribution in [0.3, 0.4) is 0 Å². The number of aryl methyl sites for hydroxylation is 1. The van der Waals surface area contributed by atoms with Gasteiger partial charge in [-0.25, -0.2) is 0 Å². The first kappa shape index (κ1) is 11.5. The highest BCUT2D eigenvalue weighted by Crippen LogP contribution is 2.43. The molecule has 0 unspecified atom stereocenters. The van der Waals surface area contributed by atoms with Gasteiger partial charge in [-0.3, -0.25) is 9.59 Å². The summed E-state index contributed by atoms with van der Waals surface area (Å²) in [5, 5.41) is 0. The highest BCUT2D eigenvalue weighted by molar-refractivity contribution is 6.18. The zero-order chi connectivity index (χ0) is 13.0. The highest BCUT2D eigenvalue weighted by atomic mass is 16.3. The molecular formula is C15H16O3. The lowest BCUT2D eigenvalue weighted by atomic mass is 9.85. The maximum atomic E-state index is 12.6. The molecule has 3 nitrogen and oxygen atoms in total. The Labute approximate surface area is 106 Å². The largest absolute Gasteiger partial charge is 0.460 e. The number of hydrogen-bond donors (Lipinski definition) is 0. The number of allylic oxidation sites excluding steroid dienone is 2. The van der Waals surface area contributed by atoms with Crippen molar-refractivity contribution in [1.29, 1.82) is 0 Å². The number of carbonyl (C=O) groups is 2. The van der Waals surface area contributed by atoms with Gasteiger partial charge in [-0.15, -0.1) is 0 Å². The van der Waals surface area contributed by atoms with Gasteiger partial charge in [0.2, 0.25) is 5.78 Å². The molecule has 1 aromatic heterocycles. The Morgan fingerprint density at radius 2 is 2.00 bits per heavy atom. The molecule has 0 spiro atoms. The van der Waals surface area contributed by atoms with Crippen LogP contribution in [0, 0.1) is 18.8 Å². The van der Waals surface area contributed by atoms with Crippen molar-refractivity contribution in [3.63, 3.8) is 0 Å². The van der Waals surface area contributed by atoms with Crippen molar-refractivity contribution in [3.05, 3.63) is 34.3 Å². The monoisotopic (exact) mass is 244 g/mol. The number of rotatable bonds is 0. The second kappa shape index (κ2) is 3.67. The van der Waals surface area contributed by atoms with E-state index in [2.05, 4.69) is 0 Å². The molecule has 1 heterocycles. The maximum Gasteiger partial charge on any atom is 0.202 e. The Hall–Kier alpha value is -1.64. The minimum absolute atomic E-state index is 0.00829. The van der Waals surface area contributed by atoms with E-state index in [1.165, 1.54) is 6.26 Å². The van der Waals surface area contributed by atoms with Crippen LogP contribution in [0.1, 0.15) is 53.2 Å². The lowest BCUT2D eigenvalue weighted by molar-refractivity contribution is 0.0874. The summed E-state index contributed by atoms with van der Waals surface area (Å²) in [6, 6.07) is 0. The fourth-order valence-corrected chi connectivity index (χ4v) is 3.26. The summed E-state index contributed by atoms with van der Waals surface area (Å²) in [5.74, 6) is 0.162. The third-order valence-corrected chi connectivity index (χ3v) is 4.35. The summed E-state index contributed by atoms with van der Waals surface area (Å²) in [5.41, 5.74) is 3.26. The quantitative estimate of drug-likeness (QED) is 0.703. The average molecular weight is 244 g/mol. The van der Waals surface area contributed by atoms with Gasteiger partial charge < -0.3 is 4.42 Å². The van der Waals surface area contributed by atoms with Crippen molar-refractivity contribution in [2.75, 3.05) is 0 Å². The van der Waals surface area contributed by atoms with E-state index in [0.29, 0.717) is 5.56 Å². The van der Waals surface area contributed by atoms with Gasteiger partial charge in [0, 0.05) is 11.5 Å². The minimum atomic E-state index is -0.159. The number of hydrogen-bond acceptors (Lipinski definition) is 3. The Bertz CT molecular complexity index is 589. The standard InChI is InChI=1S/C15H16O3/c1-7-4-5-10-9(3)13(16)15-12(8(2)6-18-15)14(17)11(7)10/h6,9-10H,4-5H2,1-3H3/t9-,10+/m0/s1. The van der Waals surface area contributed by atoms with Crippen LogP contribution in [0.5, 0.6) is 0 Å². The molecule has 0 aromatic carbocycles. The van der Waals surface area contributed by atoms with E-state index in [-0.39, 0.29) is 29.2 Å². The van der Waals surface area contributed by atoms with Crippen LogP contribution in [0.2, 0.25) is 0 Å². The van der Waals surface area contributed by atoms with Gasteiger partial charge in [0.05, 0.1) is 11.8 Å². The number of fused-ring (bicyclic) bond motifs is 2. The van der Waals surface area contributed by atoms with Crippen LogP contribution in [0.15, 0.2) is 21.8 Å². The number of Topliss-reactive ketones (excluding diaryl/α,β-unsaturated/α-hetero) is 2. The van der Waals surface area contributed by atoms with E-state index >= 15 is 0 Å². The lowest BCUT2D eigenvalue weighted by Crippen LogP contribution is -2.19. The van der Waals surface area contributed by atoms with E-state index in [1.54, 1.807) is 0 Å². The SMILES string of the molecule is CC1=C2C(=O)c3c(C)coc3C(=O)[C@@H](C)[C@H]2CC1. The molecule has 0 saturated carbocycles. The Balaban J connectivity index is 2.28. The lowest BCUT2D eigenvalue weighted by Gasteiger charge is -2.16. The number of carbonyl (C=O) groups excluding carboxylic acids is 2. The summed E-state index contributed by atoms with van der Waals surface area (Å²) in [6.45, 7) is 5.74. The molecular weight excluding hydrogens is 228 g/mol. The molecule has 2 aliphatic rings. The Morgan fingerprint density at radius 1 is 1.28 bits per heavy atom. The van der Waals surface area contributed by atoms with Gasteiger partial charge in [0.1, 0.15) is 0 Å². The Morgan fingerprint density at radius 3 is 2.72 bits per heavy atom. The van der Waals surface area contributed by atoms with E-state index in [0.717, 1.165) is 29.6 Å². The zero-order valence-electron chi connectivity index (χ0n) is 10.9. The Kier molecular flexibility index (Phi) is 2.34. The van der Waals surface area contributed by atoms with Crippen LogP contribution >= 0.6 is 0 Å². The second-order valence-electron chi connectivity index (χ2n) is 5.44. The van der Waals surface area contributed by atoms with Gasteiger partial charge in [-0.1, -0.05) is 12.5 Å². The first-order valence-corrected chi connectivity index (χ1v) is 6.39. The topological polar surface area (TPSA) is 47.3 Å². The van der Waals surface area contributed by atoms with Crippen LogP contribution in [0.4, 0.5) is 0 Å². The predicted molar refractivity (Wildman–Crippen MR) is 66.7 cm³/mol. The van der Waals surface area contributed by atoms with E-state index in [1.807, 2.05) is 20.8 Å².